The molecule has 1 atom stereocenters. The van der Waals surface area contributed by atoms with Gasteiger partial charge in [0.05, 0.1) is 0 Å². The van der Waals surface area contributed by atoms with Crippen LogP contribution in [0.1, 0.15) is 32.1 Å². The van der Waals surface area contributed by atoms with Crippen LogP contribution in [-0.2, 0) is 9.53 Å². The lowest BCUT2D eigenvalue weighted by Crippen LogP contribution is -2.30. The van der Waals surface area contributed by atoms with Gasteiger partial charge in [0.15, 0.2) is 0 Å². The maximum atomic E-state index is 11.9. The largest absolute Gasteiger partial charge is 0.381 e. The Balaban J connectivity index is 1.75. The zero-order valence-electron chi connectivity index (χ0n) is 8.63. The number of ketones is 1. The third-order valence-electron chi connectivity index (χ3n) is 3.29. The van der Waals surface area contributed by atoms with E-state index in [4.69, 9.17) is 4.74 Å². The number of Topliss-reactive ketones (excluding diaryl/α,β-unsaturated/α-hetero) is 1. The number of carbonyl (C=O) groups is 1. The summed E-state index contributed by atoms with van der Waals surface area (Å²) in [5, 5.41) is 3.37. The maximum Gasteiger partial charge on any atom is 0.137 e. The van der Waals surface area contributed by atoms with Crippen LogP contribution in [0.3, 0.4) is 0 Å². The Morgan fingerprint density at radius 2 is 2.07 bits per heavy atom. The highest BCUT2D eigenvalue weighted by Gasteiger charge is 2.25. The second-order valence-corrected chi connectivity index (χ2v) is 4.35. The molecule has 0 radical (unpaired) electrons. The summed E-state index contributed by atoms with van der Waals surface area (Å²) in [5.41, 5.74) is 0. The smallest absolute Gasteiger partial charge is 0.137 e. The lowest BCUT2D eigenvalue weighted by atomic mass is 9.91. The highest BCUT2D eigenvalue weighted by atomic mass is 16.5. The Morgan fingerprint density at radius 1 is 1.29 bits per heavy atom. The van der Waals surface area contributed by atoms with E-state index < -0.39 is 0 Å². The molecule has 2 aliphatic heterocycles. The molecule has 0 spiro atoms. The molecular formula is C11H19NO2. The van der Waals surface area contributed by atoms with Crippen LogP contribution in [0.2, 0.25) is 0 Å². The third kappa shape index (κ3) is 2.55. The van der Waals surface area contributed by atoms with E-state index in [0.717, 1.165) is 39.0 Å². The van der Waals surface area contributed by atoms with E-state index in [9.17, 15) is 4.79 Å². The molecule has 3 nitrogen and oxygen atoms in total. The first-order valence-corrected chi connectivity index (χ1v) is 5.70. The molecule has 0 aromatic rings. The van der Waals surface area contributed by atoms with Gasteiger partial charge in [-0.3, -0.25) is 4.79 Å². The average Bonchev–Trinajstić information content (AvgIpc) is 2.72. The second kappa shape index (κ2) is 4.89. The van der Waals surface area contributed by atoms with Crippen molar-refractivity contribution in [3.63, 3.8) is 0 Å². The van der Waals surface area contributed by atoms with Gasteiger partial charge in [-0.1, -0.05) is 0 Å². The van der Waals surface area contributed by atoms with Gasteiger partial charge in [0, 0.05) is 31.6 Å². The Morgan fingerprint density at radius 3 is 2.71 bits per heavy atom. The van der Waals surface area contributed by atoms with Gasteiger partial charge in [0.2, 0.25) is 0 Å². The number of rotatable bonds is 3. The van der Waals surface area contributed by atoms with Gasteiger partial charge in [-0.15, -0.1) is 0 Å². The van der Waals surface area contributed by atoms with Crippen molar-refractivity contribution in [2.24, 2.45) is 5.92 Å². The summed E-state index contributed by atoms with van der Waals surface area (Å²) in [6.07, 6.45) is 5.02. The quantitative estimate of drug-likeness (QED) is 0.737. The van der Waals surface area contributed by atoms with E-state index in [2.05, 4.69) is 5.32 Å². The number of hydrogen-bond donors (Lipinski definition) is 1. The van der Waals surface area contributed by atoms with Crippen molar-refractivity contribution in [2.45, 2.75) is 38.1 Å². The molecule has 0 bridgehead atoms. The first kappa shape index (κ1) is 10.1. The predicted octanol–water partition coefficient (Wildman–Crippen LogP) is 1.12. The standard InChI is InChI=1S/C11H19NO2/c13-11(8-10-2-1-5-12-10)9-3-6-14-7-4-9/h9-10,12H,1-8H2. The fraction of sp³-hybridized carbons (Fsp3) is 0.909. The first-order chi connectivity index (χ1) is 6.86. The first-order valence-electron chi connectivity index (χ1n) is 5.70. The van der Waals surface area contributed by atoms with Crippen LogP contribution in [0.25, 0.3) is 0 Å². The molecule has 1 N–H and O–H groups in total. The van der Waals surface area contributed by atoms with Crippen molar-refractivity contribution in [2.75, 3.05) is 19.8 Å². The molecule has 2 fully saturated rings. The minimum atomic E-state index is 0.283. The minimum Gasteiger partial charge on any atom is -0.381 e. The molecular weight excluding hydrogens is 178 g/mol. The van der Waals surface area contributed by atoms with Crippen LogP contribution in [-0.4, -0.2) is 31.6 Å². The topological polar surface area (TPSA) is 38.3 Å². The minimum absolute atomic E-state index is 0.283. The van der Waals surface area contributed by atoms with Gasteiger partial charge in [-0.05, 0) is 32.2 Å². The zero-order valence-corrected chi connectivity index (χ0v) is 8.63. The van der Waals surface area contributed by atoms with Gasteiger partial charge >= 0.3 is 0 Å². The van der Waals surface area contributed by atoms with Crippen LogP contribution in [0.5, 0.6) is 0 Å². The highest BCUT2D eigenvalue weighted by Crippen LogP contribution is 2.20. The number of carbonyl (C=O) groups excluding carboxylic acids is 1. The summed E-state index contributed by atoms with van der Waals surface area (Å²) in [4.78, 5) is 11.9. The molecule has 0 aromatic carbocycles. The monoisotopic (exact) mass is 197 g/mol. The average molecular weight is 197 g/mol. The van der Waals surface area contributed by atoms with E-state index in [0.29, 0.717) is 11.8 Å². The summed E-state index contributed by atoms with van der Waals surface area (Å²) >= 11 is 0. The third-order valence-corrected chi connectivity index (χ3v) is 3.29. The summed E-state index contributed by atoms with van der Waals surface area (Å²) in [6, 6.07) is 0.463. The lowest BCUT2D eigenvalue weighted by molar-refractivity contribution is -0.126. The molecule has 0 aromatic heterocycles. The molecule has 2 aliphatic rings. The van der Waals surface area contributed by atoms with Gasteiger partial charge in [-0.2, -0.15) is 0 Å². The van der Waals surface area contributed by atoms with Gasteiger partial charge in [0.25, 0.3) is 0 Å². The molecule has 80 valence electrons. The van der Waals surface area contributed by atoms with E-state index in [1.54, 1.807) is 0 Å². The summed E-state index contributed by atoms with van der Waals surface area (Å²) in [5.74, 6) is 0.735. The predicted molar refractivity (Wildman–Crippen MR) is 54.2 cm³/mol. The molecule has 0 saturated carbocycles. The number of nitrogens with one attached hydrogen (secondary N) is 1. The highest BCUT2D eigenvalue weighted by molar-refractivity contribution is 5.81. The molecule has 2 heterocycles. The SMILES string of the molecule is O=C(CC1CCCN1)C1CCOCC1. The van der Waals surface area contributed by atoms with Crippen LogP contribution < -0.4 is 5.32 Å². The van der Waals surface area contributed by atoms with E-state index >= 15 is 0 Å². The molecule has 0 aliphatic carbocycles. The lowest BCUT2D eigenvalue weighted by Gasteiger charge is -2.22. The summed E-state index contributed by atoms with van der Waals surface area (Å²) in [6.45, 7) is 2.63. The maximum absolute atomic E-state index is 11.9. The fourth-order valence-corrected chi connectivity index (χ4v) is 2.36. The summed E-state index contributed by atoms with van der Waals surface area (Å²) < 4.78 is 5.25. The molecule has 14 heavy (non-hydrogen) atoms. The number of ether oxygens (including phenoxy) is 1. The summed E-state index contributed by atoms with van der Waals surface area (Å²) in [7, 11) is 0. The van der Waals surface area contributed by atoms with Crippen molar-refractivity contribution >= 4 is 5.78 Å². The van der Waals surface area contributed by atoms with Gasteiger partial charge in [-0.25, -0.2) is 0 Å². The normalized spacial score (nSPS) is 29.3. The van der Waals surface area contributed by atoms with Crippen LogP contribution in [0, 0.1) is 5.92 Å². The molecule has 2 saturated heterocycles. The van der Waals surface area contributed by atoms with Crippen LogP contribution in [0.15, 0.2) is 0 Å². The molecule has 3 heteroatoms. The van der Waals surface area contributed by atoms with Crippen molar-refractivity contribution < 1.29 is 9.53 Å². The zero-order chi connectivity index (χ0) is 9.80. The Hall–Kier alpha value is -0.410. The van der Waals surface area contributed by atoms with Crippen molar-refractivity contribution in [3.05, 3.63) is 0 Å². The number of hydrogen-bond acceptors (Lipinski definition) is 3. The van der Waals surface area contributed by atoms with Crippen molar-refractivity contribution in [1.82, 2.24) is 5.32 Å². The Kier molecular flexibility index (Phi) is 3.54. The van der Waals surface area contributed by atoms with Crippen molar-refractivity contribution in [3.8, 4) is 0 Å². The van der Waals surface area contributed by atoms with Gasteiger partial charge < -0.3 is 10.1 Å². The molecule has 2 rings (SSSR count). The Bertz CT molecular complexity index is 193. The van der Waals surface area contributed by atoms with E-state index in [-0.39, 0.29) is 5.92 Å². The Labute approximate surface area is 85.2 Å². The van der Waals surface area contributed by atoms with Crippen molar-refractivity contribution in [1.29, 1.82) is 0 Å². The van der Waals surface area contributed by atoms with Gasteiger partial charge in [0.1, 0.15) is 5.78 Å². The second-order valence-electron chi connectivity index (χ2n) is 4.35. The fourth-order valence-electron chi connectivity index (χ4n) is 2.36. The van der Waals surface area contributed by atoms with E-state index in [1.807, 2.05) is 0 Å². The van der Waals surface area contributed by atoms with Crippen LogP contribution >= 0.6 is 0 Å². The molecule has 0 amide bonds. The molecule has 1 unspecified atom stereocenters. The van der Waals surface area contributed by atoms with Crippen LogP contribution in [0.4, 0.5) is 0 Å². The van der Waals surface area contributed by atoms with E-state index in [1.165, 1.54) is 12.8 Å².